The van der Waals surface area contributed by atoms with Crippen molar-refractivity contribution in [2.75, 3.05) is 16.8 Å². The van der Waals surface area contributed by atoms with E-state index in [4.69, 9.17) is 4.42 Å². The third-order valence-electron chi connectivity index (χ3n) is 4.48. The van der Waals surface area contributed by atoms with Crippen LogP contribution in [0.1, 0.15) is 18.1 Å². The molecule has 2 aromatic carbocycles. The van der Waals surface area contributed by atoms with Crippen LogP contribution in [0.2, 0.25) is 0 Å². The van der Waals surface area contributed by atoms with E-state index in [0.29, 0.717) is 21.5 Å². The molecule has 0 saturated carbocycles. The van der Waals surface area contributed by atoms with Gasteiger partial charge in [-0.25, -0.2) is 18.4 Å². The van der Waals surface area contributed by atoms with Crippen LogP contribution in [0.5, 0.6) is 0 Å². The molecule has 0 radical (unpaired) electrons. The highest BCUT2D eigenvalue weighted by Crippen LogP contribution is 2.30. The molecule has 30 heavy (non-hydrogen) atoms. The van der Waals surface area contributed by atoms with E-state index in [1.54, 1.807) is 13.0 Å². The Morgan fingerprint density at radius 1 is 1.20 bits per heavy atom. The van der Waals surface area contributed by atoms with Crippen LogP contribution in [0.15, 0.2) is 44.9 Å². The fourth-order valence-corrected chi connectivity index (χ4v) is 5.61. The Morgan fingerprint density at radius 2 is 2.00 bits per heavy atom. The predicted molar refractivity (Wildman–Crippen MR) is 120 cm³/mol. The van der Waals surface area contributed by atoms with Gasteiger partial charge in [0.25, 0.3) is 5.22 Å². The van der Waals surface area contributed by atoms with Gasteiger partial charge < -0.3 is 9.73 Å². The highest BCUT2D eigenvalue weighted by atomic mass is 32.2. The maximum absolute atomic E-state index is 12.3. The van der Waals surface area contributed by atoms with Crippen molar-refractivity contribution < 1.29 is 17.6 Å². The average molecular weight is 462 g/mol. The maximum atomic E-state index is 12.3. The van der Waals surface area contributed by atoms with E-state index in [1.807, 2.05) is 13.8 Å². The summed E-state index contributed by atoms with van der Waals surface area (Å²) < 4.78 is 30.7. The molecule has 10 heteroatoms. The zero-order chi connectivity index (χ0) is 21.5. The second-order valence-corrected chi connectivity index (χ2v) is 11.0. The molecule has 156 valence electrons. The highest BCUT2D eigenvalue weighted by Gasteiger charge is 2.16. The Hall–Kier alpha value is -2.43. The molecule has 0 aliphatic rings. The number of nitrogens with zero attached hydrogens (tertiary/aromatic N) is 2. The van der Waals surface area contributed by atoms with Crippen LogP contribution in [0.25, 0.3) is 21.3 Å². The van der Waals surface area contributed by atoms with Crippen molar-refractivity contribution in [3.63, 3.8) is 0 Å². The van der Waals surface area contributed by atoms with Gasteiger partial charge in [-0.1, -0.05) is 36.1 Å². The van der Waals surface area contributed by atoms with E-state index in [2.05, 4.69) is 27.4 Å². The van der Waals surface area contributed by atoms with Gasteiger partial charge >= 0.3 is 0 Å². The second-order valence-electron chi connectivity index (χ2n) is 6.80. The van der Waals surface area contributed by atoms with Crippen LogP contribution in [-0.4, -0.2) is 35.8 Å². The molecule has 2 aromatic heterocycles. The fourth-order valence-electron chi connectivity index (χ4n) is 3.01. The molecule has 0 fully saturated rings. The summed E-state index contributed by atoms with van der Waals surface area (Å²) in [5.41, 5.74) is 4.05. The largest absolute Gasteiger partial charge is 0.431 e. The van der Waals surface area contributed by atoms with Gasteiger partial charge in [0.15, 0.2) is 20.6 Å². The lowest BCUT2D eigenvalue weighted by molar-refractivity contribution is -0.113. The number of amides is 1. The minimum atomic E-state index is -3.32. The smallest absolute Gasteiger partial charge is 0.257 e. The van der Waals surface area contributed by atoms with Gasteiger partial charge in [0, 0.05) is 0 Å². The maximum Gasteiger partial charge on any atom is 0.257 e. The van der Waals surface area contributed by atoms with Gasteiger partial charge in [-0.3, -0.25) is 4.79 Å². The third-order valence-corrected chi connectivity index (χ3v) is 7.96. The molecule has 0 unspecified atom stereocenters. The van der Waals surface area contributed by atoms with Gasteiger partial charge in [0.2, 0.25) is 5.91 Å². The van der Waals surface area contributed by atoms with Crippen LogP contribution in [-0.2, 0) is 14.6 Å². The quantitative estimate of drug-likeness (QED) is 0.419. The molecular formula is C20H19N3O4S3. The molecule has 0 bridgehead atoms. The van der Waals surface area contributed by atoms with Crippen LogP contribution in [0.4, 0.5) is 5.13 Å². The summed E-state index contributed by atoms with van der Waals surface area (Å²) in [6.07, 6.45) is 0. The standard InChI is InChI=1S/C20H19N3O4S3/c1-4-30(25,26)13-5-6-15-14(9-13)21-20(27-15)28-10-17(24)22-19-23-18-12(3)7-11(2)8-16(18)29-19/h5-9H,4,10H2,1-3H3,(H,22,23,24). The molecule has 2 heterocycles. The summed E-state index contributed by atoms with van der Waals surface area (Å²) in [6, 6.07) is 8.70. The normalized spacial score (nSPS) is 12.0. The first-order chi connectivity index (χ1) is 14.2. The molecule has 4 rings (SSSR count). The number of hydrogen-bond acceptors (Lipinski definition) is 8. The number of carbonyl (C=O) groups is 1. The first-order valence-electron chi connectivity index (χ1n) is 9.19. The minimum absolute atomic E-state index is 0.0169. The van der Waals surface area contributed by atoms with E-state index < -0.39 is 9.84 Å². The molecule has 0 saturated heterocycles. The molecule has 0 aliphatic carbocycles. The number of carbonyl (C=O) groups excluding carboxylic acids is 1. The number of sulfone groups is 1. The van der Waals surface area contributed by atoms with E-state index >= 15 is 0 Å². The molecule has 7 nitrogen and oxygen atoms in total. The molecule has 0 aliphatic heterocycles. The Labute approximate surface area is 181 Å². The van der Waals surface area contributed by atoms with E-state index in [9.17, 15) is 13.2 Å². The molecular weight excluding hydrogens is 442 g/mol. The minimum Gasteiger partial charge on any atom is -0.431 e. The topological polar surface area (TPSA) is 102 Å². The van der Waals surface area contributed by atoms with Crippen LogP contribution < -0.4 is 5.32 Å². The van der Waals surface area contributed by atoms with E-state index in [0.717, 1.165) is 33.1 Å². The van der Waals surface area contributed by atoms with Crippen molar-refractivity contribution in [2.24, 2.45) is 0 Å². The van der Waals surface area contributed by atoms with Gasteiger partial charge in [-0.05, 0) is 49.2 Å². The average Bonchev–Trinajstić information content (AvgIpc) is 3.29. The van der Waals surface area contributed by atoms with Crippen molar-refractivity contribution >= 4 is 65.3 Å². The van der Waals surface area contributed by atoms with Crippen molar-refractivity contribution in [2.45, 2.75) is 30.9 Å². The molecule has 1 amide bonds. The Morgan fingerprint density at radius 3 is 2.77 bits per heavy atom. The van der Waals surface area contributed by atoms with Crippen molar-refractivity contribution in [3.8, 4) is 0 Å². The van der Waals surface area contributed by atoms with Crippen molar-refractivity contribution in [1.82, 2.24) is 9.97 Å². The first kappa shape index (κ1) is 20.8. The number of rotatable bonds is 6. The predicted octanol–water partition coefficient (Wildman–Crippen LogP) is 4.58. The van der Waals surface area contributed by atoms with E-state index in [-0.39, 0.29) is 22.3 Å². The Balaban J connectivity index is 1.45. The number of benzene rings is 2. The lowest BCUT2D eigenvalue weighted by atomic mass is 10.1. The fraction of sp³-hybridized carbons (Fsp3) is 0.250. The van der Waals surface area contributed by atoms with Gasteiger partial charge in [0.1, 0.15) is 5.52 Å². The van der Waals surface area contributed by atoms with Crippen LogP contribution in [0, 0.1) is 13.8 Å². The summed E-state index contributed by atoms with van der Waals surface area (Å²) in [5.74, 6) is -0.103. The number of nitrogens with one attached hydrogen (secondary N) is 1. The zero-order valence-corrected chi connectivity index (χ0v) is 19.0. The summed E-state index contributed by atoms with van der Waals surface area (Å²) in [4.78, 5) is 21.4. The van der Waals surface area contributed by atoms with Gasteiger partial charge in [-0.2, -0.15) is 0 Å². The zero-order valence-electron chi connectivity index (χ0n) is 16.6. The molecule has 0 atom stereocenters. The monoisotopic (exact) mass is 461 g/mol. The summed E-state index contributed by atoms with van der Waals surface area (Å²) in [6.45, 7) is 5.62. The number of anilines is 1. The highest BCUT2D eigenvalue weighted by molar-refractivity contribution is 7.99. The van der Waals surface area contributed by atoms with Crippen LogP contribution >= 0.6 is 23.1 Å². The molecule has 0 spiro atoms. The van der Waals surface area contributed by atoms with Gasteiger partial charge in [0.05, 0.1) is 26.6 Å². The lowest BCUT2D eigenvalue weighted by Gasteiger charge is -1.99. The number of thiazole rings is 1. The second kappa shape index (κ2) is 8.01. The van der Waals surface area contributed by atoms with Crippen molar-refractivity contribution in [1.29, 1.82) is 0 Å². The number of aromatic nitrogens is 2. The number of fused-ring (bicyclic) bond motifs is 2. The summed E-state index contributed by atoms with van der Waals surface area (Å²) in [5, 5.41) is 3.68. The Bertz CT molecular complexity index is 1370. The van der Waals surface area contributed by atoms with E-state index in [1.165, 1.54) is 23.5 Å². The lowest BCUT2D eigenvalue weighted by Crippen LogP contribution is -2.13. The Kier molecular flexibility index (Phi) is 5.56. The first-order valence-corrected chi connectivity index (χ1v) is 12.6. The molecule has 4 aromatic rings. The molecule has 1 N–H and O–H groups in total. The third kappa shape index (κ3) is 4.21. The number of oxazole rings is 1. The number of hydrogen-bond donors (Lipinski definition) is 1. The SMILES string of the molecule is CCS(=O)(=O)c1ccc2oc(SCC(=O)Nc3nc4c(C)cc(C)cc4s3)nc2c1. The van der Waals surface area contributed by atoms with Crippen LogP contribution in [0.3, 0.4) is 0 Å². The summed E-state index contributed by atoms with van der Waals surface area (Å²) in [7, 11) is -3.32. The van der Waals surface area contributed by atoms with Crippen molar-refractivity contribution in [3.05, 3.63) is 41.5 Å². The number of thioether (sulfide) groups is 1. The summed E-state index contributed by atoms with van der Waals surface area (Å²) >= 11 is 2.58. The van der Waals surface area contributed by atoms with Gasteiger partial charge in [-0.15, -0.1) is 0 Å². The number of aryl methyl sites for hydroxylation is 2.